The van der Waals surface area contributed by atoms with Gasteiger partial charge in [-0.2, -0.15) is 9.78 Å². The lowest BCUT2D eigenvalue weighted by atomic mass is 10.1. The van der Waals surface area contributed by atoms with E-state index in [4.69, 9.17) is 14.2 Å². The fraction of sp³-hybridized carbons (Fsp3) is 0.250. The van der Waals surface area contributed by atoms with E-state index in [0.717, 1.165) is 11.4 Å². The molecule has 0 unspecified atom stereocenters. The van der Waals surface area contributed by atoms with Gasteiger partial charge in [-0.15, -0.1) is 0 Å². The Morgan fingerprint density at radius 2 is 1.32 bits per heavy atom. The molecule has 190 valence electrons. The zero-order chi connectivity index (χ0) is 25.9. The summed E-state index contributed by atoms with van der Waals surface area (Å²) in [7, 11) is 4.72. The molecule has 0 N–H and O–H groups in total. The van der Waals surface area contributed by atoms with E-state index >= 15 is 0 Å². The summed E-state index contributed by atoms with van der Waals surface area (Å²) in [5, 5.41) is 5.51. The number of benzene rings is 3. The van der Waals surface area contributed by atoms with Crippen LogP contribution in [-0.2, 0) is 0 Å². The van der Waals surface area contributed by atoms with Crippen molar-refractivity contribution < 1.29 is 19.0 Å². The highest BCUT2D eigenvalue weighted by atomic mass is 16.5. The van der Waals surface area contributed by atoms with Gasteiger partial charge in [0, 0.05) is 55.5 Å². The summed E-state index contributed by atoms with van der Waals surface area (Å²) in [4.78, 5) is 31.2. The van der Waals surface area contributed by atoms with Crippen LogP contribution in [0, 0.1) is 0 Å². The Kier molecular flexibility index (Phi) is 6.68. The number of nitrogens with zero attached hydrogens (tertiary/aromatic N) is 4. The lowest BCUT2D eigenvalue weighted by molar-refractivity contribution is 0.0741. The molecule has 1 saturated heterocycles. The summed E-state index contributed by atoms with van der Waals surface area (Å²) in [6, 6.07) is 20.0. The van der Waals surface area contributed by atoms with Crippen molar-refractivity contribution in [2.45, 2.75) is 0 Å². The quantitative estimate of drug-likeness (QED) is 0.401. The second kappa shape index (κ2) is 10.2. The van der Waals surface area contributed by atoms with E-state index in [0.29, 0.717) is 54.1 Å². The molecule has 9 heteroatoms. The number of aromatic nitrogens is 2. The molecule has 1 fully saturated rings. The topological polar surface area (TPSA) is 86.1 Å². The highest BCUT2D eigenvalue weighted by Crippen LogP contribution is 2.26. The molecule has 1 aromatic heterocycles. The van der Waals surface area contributed by atoms with Crippen LogP contribution >= 0.6 is 0 Å². The number of ether oxygens (including phenoxy) is 3. The third-order valence-corrected chi connectivity index (χ3v) is 6.59. The maximum atomic E-state index is 13.7. The predicted molar refractivity (Wildman–Crippen MR) is 142 cm³/mol. The van der Waals surface area contributed by atoms with Gasteiger partial charge in [-0.25, -0.2) is 0 Å². The molecule has 0 spiro atoms. The number of rotatable bonds is 6. The van der Waals surface area contributed by atoms with Gasteiger partial charge in [-0.1, -0.05) is 18.2 Å². The Bertz CT molecular complexity index is 1470. The lowest BCUT2D eigenvalue weighted by Crippen LogP contribution is -2.49. The first-order chi connectivity index (χ1) is 18.0. The van der Waals surface area contributed by atoms with Gasteiger partial charge in [0.2, 0.25) is 0 Å². The average Bonchev–Trinajstić information content (AvgIpc) is 2.97. The van der Waals surface area contributed by atoms with Gasteiger partial charge >= 0.3 is 0 Å². The molecule has 4 aromatic rings. The summed E-state index contributed by atoms with van der Waals surface area (Å²) >= 11 is 0. The first-order valence-electron chi connectivity index (χ1n) is 12.0. The molecule has 3 aromatic carbocycles. The molecular formula is C28H28N4O5. The minimum Gasteiger partial charge on any atom is -0.497 e. The highest BCUT2D eigenvalue weighted by molar-refractivity contribution is 6.05. The van der Waals surface area contributed by atoms with Gasteiger partial charge < -0.3 is 24.0 Å². The third-order valence-electron chi connectivity index (χ3n) is 6.59. The second-order valence-electron chi connectivity index (χ2n) is 8.66. The summed E-state index contributed by atoms with van der Waals surface area (Å²) < 4.78 is 17.2. The van der Waals surface area contributed by atoms with Crippen LogP contribution in [0.5, 0.6) is 17.2 Å². The SMILES string of the molecule is COc1ccc(N2CCN(C(=O)c3nn(-c4cc(OC)cc(OC)c4)c(=O)c4ccccc34)CC2)cc1. The number of fused-ring (bicyclic) bond motifs is 1. The third kappa shape index (κ3) is 4.67. The number of methoxy groups -OCH3 is 3. The van der Waals surface area contributed by atoms with Crippen molar-refractivity contribution in [2.24, 2.45) is 0 Å². The van der Waals surface area contributed by atoms with Crippen molar-refractivity contribution in [1.29, 1.82) is 0 Å². The minimum atomic E-state index is -0.327. The Morgan fingerprint density at radius 1 is 0.730 bits per heavy atom. The molecule has 0 aliphatic carbocycles. The molecule has 0 saturated carbocycles. The van der Waals surface area contributed by atoms with E-state index in [2.05, 4.69) is 10.00 Å². The van der Waals surface area contributed by atoms with Crippen LogP contribution in [0.4, 0.5) is 5.69 Å². The maximum absolute atomic E-state index is 13.7. The van der Waals surface area contributed by atoms with Gasteiger partial charge in [-0.05, 0) is 30.3 Å². The zero-order valence-electron chi connectivity index (χ0n) is 21.0. The fourth-order valence-corrected chi connectivity index (χ4v) is 4.55. The number of carbonyl (C=O) groups is 1. The smallest absolute Gasteiger partial charge is 0.279 e. The fourth-order valence-electron chi connectivity index (χ4n) is 4.55. The van der Waals surface area contributed by atoms with Gasteiger partial charge in [-0.3, -0.25) is 9.59 Å². The first kappa shape index (κ1) is 24.2. The number of hydrogen-bond donors (Lipinski definition) is 0. The lowest BCUT2D eigenvalue weighted by Gasteiger charge is -2.36. The molecule has 0 radical (unpaired) electrons. The molecule has 1 aliphatic heterocycles. The van der Waals surface area contributed by atoms with Crippen molar-refractivity contribution in [3.8, 4) is 22.9 Å². The van der Waals surface area contributed by atoms with E-state index in [-0.39, 0.29) is 17.2 Å². The monoisotopic (exact) mass is 500 g/mol. The second-order valence-corrected chi connectivity index (χ2v) is 8.66. The van der Waals surface area contributed by atoms with Crippen LogP contribution in [0.3, 0.4) is 0 Å². The van der Waals surface area contributed by atoms with E-state index in [1.165, 1.54) is 18.9 Å². The minimum absolute atomic E-state index is 0.214. The van der Waals surface area contributed by atoms with Crippen LogP contribution in [0.25, 0.3) is 16.5 Å². The Balaban J connectivity index is 1.48. The van der Waals surface area contributed by atoms with E-state index in [1.54, 1.807) is 54.5 Å². The predicted octanol–water partition coefficient (Wildman–Crippen LogP) is 3.37. The summed E-state index contributed by atoms with van der Waals surface area (Å²) in [6.07, 6.45) is 0. The summed E-state index contributed by atoms with van der Waals surface area (Å²) in [5.41, 5.74) is 1.43. The van der Waals surface area contributed by atoms with Crippen molar-refractivity contribution in [3.63, 3.8) is 0 Å². The Labute approximate surface area is 214 Å². The molecule has 9 nitrogen and oxygen atoms in total. The standard InChI is InChI=1S/C28H28N4O5/c1-35-21-10-8-19(9-11-21)30-12-14-31(15-13-30)28(34)26-24-6-4-5-7-25(24)27(33)32(29-26)20-16-22(36-2)18-23(17-20)37-3/h4-11,16-18H,12-15H2,1-3H3. The van der Waals surface area contributed by atoms with Crippen molar-refractivity contribution >= 4 is 22.4 Å². The number of hydrogen-bond acceptors (Lipinski definition) is 7. The normalized spacial score (nSPS) is 13.5. The average molecular weight is 501 g/mol. The van der Waals surface area contributed by atoms with Crippen molar-refractivity contribution in [1.82, 2.24) is 14.7 Å². The Morgan fingerprint density at radius 3 is 1.92 bits per heavy atom. The van der Waals surface area contributed by atoms with Gasteiger partial charge in [0.15, 0.2) is 5.69 Å². The molecule has 0 atom stereocenters. The van der Waals surface area contributed by atoms with Crippen LogP contribution in [0.1, 0.15) is 10.5 Å². The van der Waals surface area contributed by atoms with Gasteiger partial charge in [0.1, 0.15) is 17.2 Å². The molecule has 37 heavy (non-hydrogen) atoms. The molecule has 1 aliphatic rings. The number of piperazine rings is 1. The van der Waals surface area contributed by atoms with Crippen molar-refractivity contribution in [3.05, 3.63) is 82.8 Å². The van der Waals surface area contributed by atoms with E-state index < -0.39 is 0 Å². The molecule has 5 rings (SSSR count). The highest BCUT2D eigenvalue weighted by Gasteiger charge is 2.26. The van der Waals surface area contributed by atoms with E-state index in [9.17, 15) is 9.59 Å². The molecule has 2 heterocycles. The van der Waals surface area contributed by atoms with Crippen LogP contribution in [0.15, 0.2) is 71.5 Å². The largest absolute Gasteiger partial charge is 0.497 e. The van der Waals surface area contributed by atoms with Gasteiger partial charge in [0.05, 0.1) is 32.4 Å². The number of carbonyl (C=O) groups excluding carboxylic acids is 1. The molecule has 1 amide bonds. The van der Waals surface area contributed by atoms with Crippen LogP contribution < -0.4 is 24.7 Å². The summed E-state index contributed by atoms with van der Waals surface area (Å²) in [5.74, 6) is 1.62. The van der Waals surface area contributed by atoms with Gasteiger partial charge in [0.25, 0.3) is 11.5 Å². The zero-order valence-corrected chi connectivity index (χ0v) is 21.0. The molecular weight excluding hydrogens is 472 g/mol. The first-order valence-corrected chi connectivity index (χ1v) is 12.0. The molecule has 0 bridgehead atoms. The van der Waals surface area contributed by atoms with Crippen LogP contribution in [0.2, 0.25) is 0 Å². The number of anilines is 1. The summed E-state index contributed by atoms with van der Waals surface area (Å²) in [6.45, 7) is 2.44. The van der Waals surface area contributed by atoms with Crippen molar-refractivity contribution in [2.75, 3.05) is 52.4 Å². The van der Waals surface area contributed by atoms with E-state index in [1.807, 2.05) is 24.3 Å². The van der Waals surface area contributed by atoms with Crippen LogP contribution in [-0.4, -0.2) is 68.1 Å². The maximum Gasteiger partial charge on any atom is 0.279 e. The number of amides is 1. The Hall–Kier alpha value is -4.53.